The molecule has 0 spiro atoms. The van der Waals surface area contributed by atoms with E-state index in [9.17, 15) is 9.50 Å². The van der Waals surface area contributed by atoms with Gasteiger partial charge in [-0.2, -0.15) is 0 Å². The van der Waals surface area contributed by atoms with Gasteiger partial charge in [-0.1, -0.05) is 35.9 Å². The first-order valence-corrected chi connectivity index (χ1v) is 8.49. The molecule has 2 aromatic rings. The topological polar surface area (TPSA) is 41.5 Å². The highest BCUT2D eigenvalue weighted by molar-refractivity contribution is 6.30. The molecule has 1 fully saturated rings. The molecule has 1 aliphatic heterocycles. The molecular formula is C19H21ClFNO2. The maximum Gasteiger partial charge on any atom is 0.123 e. The number of rotatable bonds is 5. The number of halogens is 2. The van der Waals surface area contributed by atoms with E-state index in [1.165, 1.54) is 12.1 Å². The lowest BCUT2D eigenvalue weighted by Crippen LogP contribution is -2.48. The minimum absolute atomic E-state index is 0.246. The third-order valence-corrected chi connectivity index (χ3v) is 4.88. The van der Waals surface area contributed by atoms with Gasteiger partial charge in [-0.15, -0.1) is 0 Å². The molecule has 0 radical (unpaired) electrons. The lowest BCUT2D eigenvalue weighted by molar-refractivity contribution is 0.0299. The Morgan fingerprint density at radius 2 is 1.71 bits per heavy atom. The minimum atomic E-state index is -0.697. The molecule has 0 aromatic heterocycles. The summed E-state index contributed by atoms with van der Waals surface area (Å²) in [5.41, 5.74) is 1.59. The predicted octanol–water partition coefficient (Wildman–Crippen LogP) is 3.81. The molecule has 1 unspecified atom stereocenters. The summed E-state index contributed by atoms with van der Waals surface area (Å²) >= 11 is 6.00. The van der Waals surface area contributed by atoms with Crippen LogP contribution in [0, 0.1) is 5.82 Å². The molecule has 0 amide bonds. The van der Waals surface area contributed by atoms with Crippen LogP contribution < -0.4 is 5.32 Å². The first-order chi connectivity index (χ1) is 11.6. The highest BCUT2D eigenvalue weighted by Gasteiger charge is 2.34. The number of ether oxygens (including phenoxy) is 1. The second kappa shape index (κ2) is 7.62. The van der Waals surface area contributed by atoms with Gasteiger partial charge in [0.25, 0.3) is 0 Å². The molecule has 2 N–H and O–H groups in total. The summed E-state index contributed by atoms with van der Waals surface area (Å²) in [5, 5.41) is 14.6. The van der Waals surface area contributed by atoms with Crippen LogP contribution in [0.2, 0.25) is 5.02 Å². The average Bonchev–Trinajstić information content (AvgIpc) is 2.62. The van der Waals surface area contributed by atoms with Crippen LogP contribution >= 0.6 is 11.6 Å². The first kappa shape index (κ1) is 17.4. The molecule has 1 atom stereocenters. The highest BCUT2D eigenvalue weighted by Crippen LogP contribution is 2.33. The van der Waals surface area contributed by atoms with Crippen molar-refractivity contribution in [2.24, 2.45) is 0 Å². The van der Waals surface area contributed by atoms with E-state index in [2.05, 4.69) is 5.32 Å². The molecule has 128 valence electrons. The third kappa shape index (κ3) is 3.95. The number of hydrogen-bond donors (Lipinski definition) is 2. The van der Waals surface area contributed by atoms with Crippen LogP contribution in [0.5, 0.6) is 0 Å². The molecule has 3 rings (SSSR count). The Morgan fingerprint density at radius 1 is 1.08 bits per heavy atom. The Bertz CT molecular complexity index is 654. The van der Waals surface area contributed by atoms with E-state index < -0.39 is 6.10 Å². The number of aliphatic hydroxyl groups excluding tert-OH is 1. The van der Waals surface area contributed by atoms with Gasteiger partial charge in [-0.3, -0.25) is 0 Å². The van der Waals surface area contributed by atoms with Gasteiger partial charge in [-0.25, -0.2) is 4.39 Å². The summed E-state index contributed by atoms with van der Waals surface area (Å²) in [6.45, 7) is 1.72. The van der Waals surface area contributed by atoms with E-state index >= 15 is 0 Å². The van der Waals surface area contributed by atoms with Crippen molar-refractivity contribution in [2.75, 3.05) is 19.8 Å². The van der Waals surface area contributed by atoms with Crippen LogP contribution in [0.4, 0.5) is 4.39 Å². The molecule has 1 saturated heterocycles. The van der Waals surface area contributed by atoms with E-state index in [4.69, 9.17) is 16.3 Å². The van der Waals surface area contributed by atoms with Crippen LogP contribution in [0.3, 0.4) is 0 Å². The summed E-state index contributed by atoms with van der Waals surface area (Å²) in [5.74, 6) is -0.305. The largest absolute Gasteiger partial charge is 0.387 e. The lowest BCUT2D eigenvalue weighted by atomic mass is 9.82. The quantitative estimate of drug-likeness (QED) is 0.862. The second-order valence-electron chi connectivity index (χ2n) is 6.15. The van der Waals surface area contributed by atoms with Crippen molar-refractivity contribution in [2.45, 2.75) is 24.5 Å². The SMILES string of the molecule is OC(CNC1(c2ccc(Cl)cc2)CCOCC1)c1ccc(F)cc1. The fourth-order valence-corrected chi connectivity index (χ4v) is 3.28. The Morgan fingerprint density at radius 3 is 2.33 bits per heavy atom. The average molecular weight is 350 g/mol. The molecule has 1 aliphatic rings. The molecule has 0 aliphatic carbocycles. The maximum absolute atomic E-state index is 13.0. The zero-order valence-corrected chi connectivity index (χ0v) is 14.1. The van der Waals surface area contributed by atoms with E-state index in [0.717, 1.165) is 18.4 Å². The van der Waals surface area contributed by atoms with Gasteiger partial charge < -0.3 is 15.2 Å². The Hall–Kier alpha value is -1.46. The summed E-state index contributed by atoms with van der Waals surface area (Å²) < 4.78 is 18.5. The Balaban J connectivity index is 1.75. The molecule has 3 nitrogen and oxygen atoms in total. The lowest BCUT2D eigenvalue weighted by Gasteiger charge is -2.39. The number of benzene rings is 2. The summed E-state index contributed by atoms with van der Waals surface area (Å²) in [6, 6.07) is 13.7. The minimum Gasteiger partial charge on any atom is -0.387 e. The van der Waals surface area contributed by atoms with Crippen LogP contribution in [0.15, 0.2) is 48.5 Å². The molecule has 0 bridgehead atoms. The van der Waals surface area contributed by atoms with Crippen molar-refractivity contribution >= 4 is 11.6 Å². The molecule has 5 heteroatoms. The second-order valence-corrected chi connectivity index (χ2v) is 6.59. The predicted molar refractivity (Wildman–Crippen MR) is 92.5 cm³/mol. The van der Waals surface area contributed by atoms with Gasteiger partial charge in [0.1, 0.15) is 5.82 Å². The van der Waals surface area contributed by atoms with Gasteiger partial charge in [0.15, 0.2) is 0 Å². The fraction of sp³-hybridized carbons (Fsp3) is 0.368. The van der Waals surface area contributed by atoms with Gasteiger partial charge in [-0.05, 0) is 48.2 Å². The molecule has 1 heterocycles. The van der Waals surface area contributed by atoms with Crippen molar-refractivity contribution in [3.05, 3.63) is 70.5 Å². The normalized spacial score (nSPS) is 18.3. The number of nitrogens with one attached hydrogen (secondary N) is 1. The van der Waals surface area contributed by atoms with Crippen LogP contribution in [-0.2, 0) is 10.3 Å². The zero-order chi connectivity index (χ0) is 17.0. The molecular weight excluding hydrogens is 329 g/mol. The smallest absolute Gasteiger partial charge is 0.123 e. The molecule has 24 heavy (non-hydrogen) atoms. The Kier molecular flexibility index (Phi) is 5.51. The van der Waals surface area contributed by atoms with Crippen molar-refractivity contribution in [1.82, 2.24) is 5.32 Å². The number of aliphatic hydroxyl groups is 1. The zero-order valence-electron chi connectivity index (χ0n) is 13.3. The summed E-state index contributed by atoms with van der Waals surface area (Å²) in [6.07, 6.45) is 0.952. The number of hydrogen-bond acceptors (Lipinski definition) is 3. The van der Waals surface area contributed by atoms with Crippen LogP contribution in [0.1, 0.15) is 30.1 Å². The van der Waals surface area contributed by atoms with E-state index in [0.29, 0.717) is 30.3 Å². The highest BCUT2D eigenvalue weighted by atomic mass is 35.5. The summed E-state index contributed by atoms with van der Waals surface area (Å²) in [7, 11) is 0. The maximum atomic E-state index is 13.0. The van der Waals surface area contributed by atoms with Crippen molar-refractivity contribution in [1.29, 1.82) is 0 Å². The first-order valence-electron chi connectivity index (χ1n) is 8.11. The van der Waals surface area contributed by atoms with Crippen LogP contribution in [0.25, 0.3) is 0 Å². The van der Waals surface area contributed by atoms with Crippen LogP contribution in [-0.4, -0.2) is 24.9 Å². The van der Waals surface area contributed by atoms with Gasteiger partial charge in [0, 0.05) is 30.3 Å². The van der Waals surface area contributed by atoms with Crippen molar-refractivity contribution < 1.29 is 14.2 Å². The van der Waals surface area contributed by atoms with Gasteiger partial charge in [0.2, 0.25) is 0 Å². The van der Waals surface area contributed by atoms with Gasteiger partial charge >= 0.3 is 0 Å². The monoisotopic (exact) mass is 349 g/mol. The van der Waals surface area contributed by atoms with E-state index in [-0.39, 0.29) is 11.4 Å². The van der Waals surface area contributed by atoms with Crippen molar-refractivity contribution in [3.63, 3.8) is 0 Å². The van der Waals surface area contributed by atoms with Crippen molar-refractivity contribution in [3.8, 4) is 0 Å². The third-order valence-electron chi connectivity index (χ3n) is 4.63. The molecule has 2 aromatic carbocycles. The van der Waals surface area contributed by atoms with Gasteiger partial charge in [0.05, 0.1) is 6.10 Å². The molecule has 0 saturated carbocycles. The Labute approximate surface area is 146 Å². The fourth-order valence-electron chi connectivity index (χ4n) is 3.15. The standard InChI is InChI=1S/C19H21ClFNO2/c20-16-5-3-15(4-6-16)19(9-11-24-12-10-19)22-13-18(23)14-1-7-17(21)8-2-14/h1-8,18,22-23H,9-13H2. The van der Waals surface area contributed by atoms with E-state index in [1.807, 2.05) is 24.3 Å². The summed E-state index contributed by atoms with van der Waals surface area (Å²) in [4.78, 5) is 0. The van der Waals surface area contributed by atoms with E-state index in [1.54, 1.807) is 12.1 Å².